The summed E-state index contributed by atoms with van der Waals surface area (Å²) >= 11 is 6.27. The molecule has 1 aliphatic heterocycles. The number of hydrogen-bond acceptors (Lipinski definition) is 2. The Morgan fingerprint density at radius 2 is 1.63 bits per heavy atom. The van der Waals surface area contributed by atoms with E-state index in [0.717, 1.165) is 36.3 Å². The molecule has 27 heavy (non-hydrogen) atoms. The summed E-state index contributed by atoms with van der Waals surface area (Å²) < 4.78 is 1.87. The Kier molecular flexibility index (Phi) is 6.95. The van der Waals surface area contributed by atoms with Gasteiger partial charge in [-0.1, -0.05) is 54.1 Å². The maximum atomic E-state index is 6.27. The second-order valence-electron chi connectivity index (χ2n) is 7.15. The third kappa shape index (κ3) is 5.13. The van der Waals surface area contributed by atoms with Gasteiger partial charge in [-0.15, -0.1) is 12.4 Å². The molecular formula is C22H25Cl2N3. The largest absolute Gasteiger partial charge is 0.299 e. The monoisotopic (exact) mass is 401 g/mol. The molecule has 1 aliphatic rings. The predicted molar refractivity (Wildman–Crippen MR) is 114 cm³/mol. The van der Waals surface area contributed by atoms with Gasteiger partial charge in [0.1, 0.15) is 0 Å². The summed E-state index contributed by atoms with van der Waals surface area (Å²) in [6, 6.07) is 18.7. The molecule has 3 nitrogen and oxygen atoms in total. The molecule has 3 aromatic rings. The highest BCUT2D eigenvalue weighted by Gasteiger charge is 2.20. The number of halogens is 2. The normalized spacial score (nSPS) is 15.4. The Morgan fingerprint density at radius 3 is 2.37 bits per heavy atom. The zero-order valence-corrected chi connectivity index (χ0v) is 16.9. The van der Waals surface area contributed by atoms with Crippen LogP contribution in [-0.2, 0) is 13.0 Å². The number of likely N-dealkylation sites (tertiary alicyclic amines) is 1. The third-order valence-corrected chi connectivity index (χ3v) is 5.54. The molecule has 0 amide bonds. The first-order valence-corrected chi connectivity index (χ1v) is 9.70. The summed E-state index contributed by atoms with van der Waals surface area (Å²) in [6.07, 6.45) is 7.80. The van der Waals surface area contributed by atoms with Gasteiger partial charge in [-0.05, 0) is 56.0 Å². The first-order valence-electron chi connectivity index (χ1n) is 9.32. The number of piperidine rings is 1. The van der Waals surface area contributed by atoms with Gasteiger partial charge in [-0.25, -0.2) is 4.68 Å². The Hall–Kier alpha value is -1.81. The number of nitrogens with zero attached hydrogens (tertiary/aromatic N) is 3. The molecule has 0 radical (unpaired) electrons. The summed E-state index contributed by atoms with van der Waals surface area (Å²) in [4.78, 5) is 2.54. The van der Waals surface area contributed by atoms with Crippen molar-refractivity contribution in [3.05, 3.63) is 83.1 Å². The van der Waals surface area contributed by atoms with Crippen molar-refractivity contribution >= 4 is 24.0 Å². The van der Waals surface area contributed by atoms with E-state index in [-0.39, 0.29) is 12.4 Å². The number of aromatic nitrogens is 2. The van der Waals surface area contributed by atoms with Gasteiger partial charge in [-0.2, -0.15) is 5.10 Å². The van der Waals surface area contributed by atoms with Crippen LogP contribution >= 0.6 is 24.0 Å². The third-order valence-electron chi connectivity index (χ3n) is 5.22. The second kappa shape index (κ2) is 9.41. The lowest BCUT2D eigenvalue weighted by Crippen LogP contribution is -2.33. The molecule has 1 aromatic heterocycles. The van der Waals surface area contributed by atoms with E-state index >= 15 is 0 Å². The van der Waals surface area contributed by atoms with Crippen LogP contribution in [0.25, 0.3) is 5.69 Å². The summed E-state index contributed by atoms with van der Waals surface area (Å²) in [5.41, 5.74) is 3.64. The standard InChI is InChI=1S/C22H24ClN3.ClH/c23-21-8-4-5-9-22(21)26-17-20(15-24-26)16-25-12-10-19(11-13-25)14-18-6-2-1-3-7-18;/h1-9,15,17,19H,10-14,16H2;1H. The van der Waals surface area contributed by atoms with Crippen LogP contribution in [0.4, 0.5) is 0 Å². The van der Waals surface area contributed by atoms with E-state index in [4.69, 9.17) is 11.6 Å². The molecule has 0 N–H and O–H groups in total. The first-order chi connectivity index (χ1) is 12.8. The van der Waals surface area contributed by atoms with E-state index in [1.54, 1.807) is 0 Å². The fraction of sp³-hybridized carbons (Fsp3) is 0.318. The molecule has 0 spiro atoms. The quantitative estimate of drug-likeness (QED) is 0.570. The van der Waals surface area contributed by atoms with E-state index in [1.807, 2.05) is 35.1 Å². The number of rotatable bonds is 5. The minimum atomic E-state index is 0. The zero-order valence-electron chi connectivity index (χ0n) is 15.3. The van der Waals surface area contributed by atoms with Crippen molar-refractivity contribution in [3.8, 4) is 5.69 Å². The van der Waals surface area contributed by atoms with Crippen LogP contribution in [0.15, 0.2) is 67.0 Å². The molecule has 0 unspecified atom stereocenters. The van der Waals surface area contributed by atoms with Crippen molar-refractivity contribution in [1.29, 1.82) is 0 Å². The van der Waals surface area contributed by atoms with Crippen molar-refractivity contribution < 1.29 is 0 Å². The van der Waals surface area contributed by atoms with Crippen LogP contribution in [0.3, 0.4) is 0 Å². The van der Waals surface area contributed by atoms with Crippen molar-refractivity contribution in [1.82, 2.24) is 14.7 Å². The van der Waals surface area contributed by atoms with Gasteiger partial charge in [0.15, 0.2) is 0 Å². The lowest BCUT2D eigenvalue weighted by atomic mass is 9.90. The highest BCUT2D eigenvalue weighted by molar-refractivity contribution is 6.32. The topological polar surface area (TPSA) is 21.1 Å². The van der Waals surface area contributed by atoms with E-state index in [9.17, 15) is 0 Å². The van der Waals surface area contributed by atoms with E-state index in [1.165, 1.54) is 30.4 Å². The number of hydrogen-bond donors (Lipinski definition) is 0. The van der Waals surface area contributed by atoms with Gasteiger partial charge in [0.05, 0.1) is 16.9 Å². The van der Waals surface area contributed by atoms with Crippen LogP contribution in [0.2, 0.25) is 5.02 Å². The molecule has 1 fully saturated rings. The second-order valence-corrected chi connectivity index (χ2v) is 7.56. The molecule has 0 saturated carbocycles. The fourth-order valence-corrected chi connectivity index (χ4v) is 3.99. The molecular weight excluding hydrogens is 377 g/mol. The molecule has 0 bridgehead atoms. The van der Waals surface area contributed by atoms with Gasteiger partial charge in [-0.3, -0.25) is 4.90 Å². The van der Waals surface area contributed by atoms with Crippen LogP contribution in [0.5, 0.6) is 0 Å². The van der Waals surface area contributed by atoms with E-state index in [2.05, 4.69) is 46.5 Å². The molecule has 5 heteroatoms. The number of para-hydroxylation sites is 1. The molecule has 2 aromatic carbocycles. The molecule has 0 aliphatic carbocycles. The average Bonchev–Trinajstić information content (AvgIpc) is 3.13. The van der Waals surface area contributed by atoms with Gasteiger partial charge in [0.25, 0.3) is 0 Å². The van der Waals surface area contributed by atoms with Gasteiger partial charge in [0, 0.05) is 18.3 Å². The van der Waals surface area contributed by atoms with E-state index in [0.29, 0.717) is 0 Å². The Labute approximate surface area is 172 Å². The summed E-state index contributed by atoms with van der Waals surface area (Å²) in [5, 5.41) is 5.21. The summed E-state index contributed by atoms with van der Waals surface area (Å²) in [5.74, 6) is 0.805. The molecule has 4 rings (SSSR count). The average molecular weight is 402 g/mol. The smallest absolute Gasteiger partial charge is 0.0831 e. The van der Waals surface area contributed by atoms with Crippen molar-refractivity contribution in [2.75, 3.05) is 13.1 Å². The molecule has 142 valence electrons. The van der Waals surface area contributed by atoms with Gasteiger partial charge < -0.3 is 0 Å². The zero-order chi connectivity index (χ0) is 17.8. The van der Waals surface area contributed by atoms with Crippen molar-refractivity contribution in [2.24, 2.45) is 5.92 Å². The summed E-state index contributed by atoms with van der Waals surface area (Å²) in [7, 11) is 0. The Morgan fingerprint density at radius 1 is 0.926 bits per heavy atom. The minimum Gasteiger partial charge on any atom is -0.299 e. The lowest BCUT2D eigenvalue weighted by molar-refractivity contribution is 0.177. The first kappa shape index (κ1) is 19.9. The molecule has 1 saturated heterocycles. The van der Waals surface area contributed by atoms with Crippen LogP contribution < -0.4 is 0 Å². The lowest BCUT2D eigenvalue weighted by Gasteiger charge is -2.31. The Bertz CT molecular complexity index is 840. The number of benzene rings is 2. The van der Waals surface area contributed by atoms with Crippen LogP contribution in [0, 0.1) is 5.92 Å². The van der Waals surface area contributed by atoms with Crippen molar-refractivity contribution in [2.45, 2.75) is 25.8 Å². The SMILES string of the molecule is Cl.Clc1ccccc1-n1cc(CN2CCC(Cc3ccccc3)CC2)cn1. The maximum Gasteiger partial charge on any atom is 0.0831 e. The van der Waals surface area contributed by atoms with Crippen LogP contribution in [-0.4, -0.2) is 27.8 Å². The highest BCUT2D eigenvalue weighted by atomic mass is 35.5. The van der Waals surface area contributed by atoms with Gasteiger partial charge in [0.2, 0.25) is 0 Å². The summed E-state index contributed by atoms with van der Waals surface area (Å²) in [6.45, 7) is 3.28. The van der Waals surface area contributed by atoms with E-state index < -0.39 is 0 Å². The molecule has 2 heterocycles. The molecule has 0 atom stereocenters. The maximum absolute atomic E-state index is 6.27. The van der Waals surface area contributed by atoms with Gasteiger partial charge >= 0.3 is 0 Å². The van der Waals surface area contributed by atoms with Crippen LogP contribution in [0.1, 0.15) is 24.0 Å². The minimum absolute atomic E-state index is 0. The Balaban J connectivity index is 0.00000210. The highest BCUT2D eigenvalue weighted by Crippen LogP contribution is 2.24. The van der Waals surface area contributed by atoms with Crippen molar-refractivity contribution in [3.63, 3.8) is 0 Å². The fourth-order valence-electron chi connectivity index (χ4n) is 3.77. The predicted octanol–water partition coefficient (Wildman–Crippen LogP) is 5.40.